The molecule has 1 aromatic carbocycles. The summed E-state index contributed by atoms with van der Waals surface area (Å²) in [5.41, 5.74) is 17.4. The largest absolute Gasteiger partial charge is 0.481 e. The first-order chi connectivity index (χ1) is 33.1. The summed E-state index contributed by atoms with van der Waals surface area (Å²) in [6.45, 7) is 18.6. The number of carbonyl (C=O) groups excluding carboxylic acids is 7. The van der Waals surface area contributed by atoms with Crippen LogP contribution < -0.4 is 54.4 Å². The highest BCUT2D eigenvalue weighted by Crippen LogP contribution is 2.14. The minimum atomic E-state index is -1.78. The van der Waals surface area contributed by atoms with E-state index in [9.17, 15) is 53.4 Å². The monoisotopic (exact) mass is 1000 g/mol. The zero-order valence-corrected chi connectivity index (χ0v) is 43.2. The van der Waals surface area contributed by atoms with Crippen LogP contribution >= 0.6 is 0 Å². The van der Waals surface area contributed by atoms with Gasteiger partial charge in [0.05, 0.1) is 12.5 Å². The number of aliphatic carboxylic acids is 2. The molecule has 0 saturated heterocycles. The van der Waals surface area contributed by atoms with Crippen molar-refractivity contribution in [2.75, 3.05) is 6.54 Å². The molecule has 8 atom stereocenters. The van der Waals surface area contributed by atoms with E-state index in [2.05, 4.69) is 42.2 Å². The molecule has 0 fully saturated rings. The third-order valence-electron chi connectivity index (χ3n) is 10.9. The number of carbonyl (C=O) groups is 9. The third-order valence-corrected chi connectivity index (χ3v) is 10.9. The minimum absolute atomic E-state index is 0.00987. The molecule has 0 aliphatic rings. The van der Waals surface area contributed by atoms with Crippen molar-refractivity contribution in [1.29, 1.82) is 0 Å². The molecule has 0 unspecified atom stereocenters. The summed E-state index contributed by atoms with van der Waals surface area (Å²) in [7, 11) is 0. The van der Waals surface area contributed by atoms with E-state index in [0.29, 0.717) is 12.0 Å². The zero-order valence-electron chi connectivity index (χ0n) is 43.2. The highest BCUT2D eigenvalue weighted by Gasteiger charge is 2.36. The summed E-state index contributed by atoms with van der Waals surface area (Å²) in [6, 6.07) is -1.78. The number of benzene rings is 1. The van der Waals surface area contributed by atoms with Crippen LogP contribution in [0.5, 0.6) is 0 Å². The smallest absolute Gasteiger partial charge is 0.326 e. The Labute approximate surface area is 418 Å². The molecule has 22 heteroatoms. The fraction of sp³-hybridized carbons (Fsp3) is 0.673. The highest BCUT2D eigenvalue weighted by molar-refractivity contribution is 5.98. The van der Waals surface area contributed by atoms with E-state index in [4.69, 9.17) is 17.2 Å². The average Bonchev–Trinajstić information content (AvgIpc) is 3.24. The van der Waals surface area contributed by atoms with Gasteiger partial charge in [-0.05, 0) is 80.1 Å². The van der Waals surface area contributed by atoms with E-state index >= 15 is 0 Å². The van der Waals surface area contributed by atoms with E-state index in [0.717, 1.165) is 0 Å². The lowest BCUT2D eigenvalue weighted by Gasteiger charge is -2.29. The van der Waals surface area contributed by atoms with Crippen LogP contribution in [-0.2, 0) is 49.6 Å². The van der Waals surface area contributed by atoms with Gasteiger partial charge in [-0.15, -0.1) is 0 Å². The zero-order chi connectivity index (χ0) is 54.1. The van der Waals surface area contributed by atoms with Crippen molar-refractivity contribution in [3.8, 4) is 0 Å². The number of aliphatic imine (C=N–C) groups is 1. The summed E-state index contributed by atoms with van der Waals surface area (Å²) >= 11 is 0. The Balaban J connectivity index is 3.46. The van der Waals surface area contributed by atoms with Gasteiger partial charge in [-0.2, -0.15) is 0 Å². The lowest BCUT2D eigenvalue weighted by atomic mass is 9.97. The molecule has 0 saturated carbocycles. The topological polar surface area (TPSA) is 369 Å². The maximum atomic E-state index is 14.2. The van der Waals surface area contributed by atoms with Gasteiger partial charge in [0.2, 0.25) is 41.4 Å². The standard InChI is InChI=1S/C49H83N11O11/c1-26(2)19-32(50)41(63)55-34(20-27(3)4)42(64)56-35(21-28(5)6)43(65)57-36(22-29(7)8)44(66)58-37(23-30(9)10)45(67)60-39(25-40(61)62)47(69)59-38(24-31-15-12-11-13-16-31)46(68)54-33(48(70)71)17-14-18-53-49(51)52/h11-13,15-16,26-30,32-39H,14,17-25,50H2,1-10H3,(H,54,68)(H,55,63)(H,56,64)(H,57,65)(H,58,66)(H,59,69)(H,60,67)(H,61,62)(H,70,71)(H4,51,52,53)/t32-,33-,34-,35-,36-,37-,38-,39-/m0/s1. The Kier molecular flexibility index (Phi) is 28.1. The second-order valence-corrected chi connectivity index (χ2v) is 20.3. The van der Waals surface area contributed by atoms with Crippen LogP contribution in [0.3, 0.4) is 0 Å². The number of guanidine groups is 1. The van der Waals surface area contributed by atoms with E-state index < -0.39 is 108 Å². The Morgan fingerprint density at radius 2 is 0.817 bits per heavy atom. The molecule has 15 N–H and O–H groups in total. The van der Waals surface area contributed by atoms with Crippen LogP contribution in [0.25, 0.3) is 0 Å². The van der Waals surface area contributed by atoms with Crippen LogP contribution in [0, 0.1) is 29.6 Å². The van der Waals surface area contributed by atoms with Gasteiger partial charge in [0, 0.05) is 13.0 Å². The van der Waals surface area contributed by atoms with Crippen molar-refractivity contribution in [2.45, 2.75) is 175 Å². The van der Waals surface area contributed by atoms with Crippen LogP contribution in [0.4, 0.5) is 0 Å². The van der Waals surface area contributed by atoms with Crippen molar-refractivity contribution in [3.05, 3.63) is 35.9 Å². The molecule has 0 radical (unpaired) electrons. The number of rotatable bonds is 33. The van der Waals surface area contributed by atoms with Gasteiger partial charge in [0.15, 0.2) is 5.96 Å². The second kappa shape index (κ2) is 31.8. The van der Waals surface area contributed by atoms with Crippen LogP contribution in [0.15, 0.2) is 35.3 Å². The molecule has 71 heavy (non-hydrogen) atoms. The fourth-order valence-corrected chi connectivity index (χ4v) is 7.54. The summed E-state index contributed by atoms with van der Waals surface area (Å²) in [4.78, 5) is 125. The molecular weight excluding hydrogens is 919 g/mol. The molecule has 22 nitrogen and oxygen atoms in total. The number of hydrogen-bond acceptors (Lipinski definition) is 11. The quantitative estimate of drug-likeness (QED) is 0.0263. The molecule has 400 valence electrons. The van der Waals surface area contributed by atoms with E-state index in [-0.39, 0.29) is 87.0 Å². The molecule has 1 aromatic rings. The molecule has 0 aliphatic heterocycles. The van der Waals surface area contributed by atoms with Crippen molar-refractivity contribution in [3.63, 3.8) is 0 Å². The third kappa shape index (κ3) is 25.9. The SMILES string of the molecule is CC(C)C[C@H](NC(=O)[C@H](CC(C)C)NC(=O)[C@H](CC(C)C)NC(=O)[C@H](CC(C)C)NC(=O)[C@@H](N)CC(C)C)C(=O)N[C@@H](CC(=O)O)C(=O)N[C@@H](Cc1ccccc1)C(=O)N[C@@H](CCCN=C(N)N)C(=O)O. The van der Waals surface area contributed by atoms with E-state index in [1.165, 1.54) is 0 Å². The van der Waals surface area contributed by atoms with Gasteiger partial charge in [0.25, 0.3) is 0 Å². The first-order valence-corrected chi connectivity index (χ1v) is 24.5. The summed E-state index contributed by atoms with van der Waals surface area (Å²) in [5.74, 6) is -8.90. The maximum absolute atomic E-state index is 14.2. The Hall–Kier alpha value is -6.32. The number of carboxylic acids is 2. The highest BCUT2D eigenvalue weighted by atomic mass is 16.4. The number of nitrogens with two attached hydrogens (primary N) is 3. The molecule has 0 spiro atoms. The number of amides is 7. The first kappa shape index (κ1) is 62.7. The molecule has 0 bridgehead atoms. The van der Waals surface area contributed by atoms with E-state index in [1.807, 2.05) is 55.4 Å². The molecule has 0 heterocycles. The lowest BCUT2D eigenvalue weighted by Crippen LogP contribution is -2.60. The number of nitrogens with zero attached hydrogens (tertiary/aromatic N) is 1. The normalized spacial score (nSPS) is 14.8. The lowest BCUT2D eigenvalue weighted by molar-refractivity contribution is -0.143. The molecule has 0 aromatic heterocycles. The van der Waals surface area contributed by atoms with Gasteiger partial charge in [0.1, 0.15) is 42.3 Å². The Morgan fingerprint density at radius 1 is 0.479 bits per heavy atom. The molecular formula is C49H83N11O11. The predicted octanol–water partition coefficient (Wildman–Crippen LogP) is 0.793. The minimum Gasteiger partial charge on any atom is -0.481 e. The summed E-state index contributed by atoms with van der Waals surface area (Å²) < 4.78 is 0. The van der Waals surface area contributed by atoms with Gasteiger partial charge in [-0.25, -0.2) is 4.79 Å². The Morgan fingerprint density at radius 3 is 1.18 bits per heavy atom. The molecule has 0 aliphatic carbocycles. The van der Waals surface area contributed by atoms with Crippen LogP contribution in [0.2, 0.25) is 0 Å². The predicted molar refractivity (Wildman–Crippen MR) is 269 cm³/mol. The van der Waals surface area contributed by atoms with Crippen molar-refractivity contribution in [1.82, 2.24) is 37.2 Å². The van der Waals surface area contributed by atoms with Crippen molar-refractivity contribution >= 4 is 59.2 Å². The van der Waals surface area contributed by atoms with Gasteiger partial charge in [-0.1, -0.05) is 99.6 Å². The second-order valence-electron chi connectivity index (χ2n) is 20.3. The number of nitrogens with one attached hydrogen (secondary N) is 7. The van der Waals surface area contributed by atoms with E-state index in [1.54, 1.807) is 44.2 Å². The van der Waals surface area contributed by atoms with Gasteiger partial charge < -0.3 is 64.6 Å². The fourth-order valence-electron chi connectivity index (χ4n) is 7.54. The van der Waals surface area contributed by atoms with Crippen LogP contribution in [0.1, 0.15) is 126 Å². The van der Waals surface area contributed by atoms with Crippen molar-refractivity contribution < 1.29 is 53.4 Å². The molecule has 7 amide bonds. The first-order valence-electron chi connectivity index (χ1n) is 24.5. The number of carboxylic acid groups (broad SMARTS) is 2. The maximum Gasteiger partial charge on any atom is 0.326 e. The summed E-state index contributed by atoms with van der Waals surface area (Å²) in [5, 5.41) is 38.0. The average molecular weight is 1000 g/mol. The summed E-state index contributed by atoms with van der Waals surface area (Å²) in [6.07, 6.45) is -0.0394. The van der Waals surface area contributed by atoms with Crippen LogP contribution in [-0.4, -0.2) is 124 Å². The van der Waals surface area contributed by atoms with Gasteiger partial charge >= 0.3 is 11.9 Å². The molecule has 1 rings (SSSR count). The van der Waals surface area contributed by atoms with Gasteiger partial charge in [-0.3, -0.25) is 43.3 Å². The van der Waals surface area contributed by atoms with Crippen molar-refractivity contribution in [2.24, 2.45) is 51.8 Å². The number of hydrogen-bond donors (Lipinski definition) is 12. The Bertz CT molecular complexity index is 1940.